The molecule has 0 unspecified atom stereocenters. The predicted molar refractivity (Wildman–Crippen MR) is 87.8 cm³/mol. The molecule has 1 N–H and O–H groups in total. The zero-order chi connectivity index (χ0) is 15.1. The minimum atomic E-state index is 0.0977. The average Bonchev–Trinajstić information content (AvgIpc) is 2.49. The lowest BCUT2D eigenvalue weighted by Gasteiger charge is -2.23. The Hall–Kier alpha value is -2.13. The van der Waals surface area contributed by atoms with E-state index in [9.17, 15) is 4.79 Å². The third-order valence-corrected chi connectivity index (χ3v) is 3.17. The molecule has 2 rings (SSSR count). The van der Waals surface area contributed by atoms with Crippen LogP contribution in [0.25, 0.3) is 0 Å². The maximum Gasteiger partial charge on any atom is 0.232 e. The van der Waals surface area contributed by atoms with Crippen LogP contribution in [0.1, 0.15) is 20.3 Å². The lowest BCUT2D eigenvalue weighted by atomic mass is 10.2. The second-order valence-electron chi connectivity index (χ2n) is 5.26. The predicted octanol–water partition coefficient (Wildman–Crippen LogP) is 3.74. The van der Waals surface area contributed by atoms with Crippen molar-refractivity contribution in [1.29, 1.82) is 0 Å². The molecule has 0 aliphatic carbocycles. The fraction of sp³-hybridized carbons (Fsp3) is 0.278. The first kappa shape index (κ1) is 15.3. The number of para-hydroxylation sites is 2. The minimum Gasteiger partial charge on any atom is -0.314 e. The molecule has 0 aliphatic rings. The van der Waals surface area contributed by atoms with E-state index in [1.165, 1.54) is 0 Å². The second kappa shape index (κ2) is 7.60. The Balaban J connectivity index is 2.19. The maximum absolute atomic E-state index is 12.6. The Bertz CT molecular complexity index is 512. The number of hydrogen-bond donors (Lipinski definition) is 1. The molecule has 0 atom stereocenters. The number of rotatable bonds is 6. The van der Waals surface area contributed by atoms with Crippen molar-refractivity contribution in [2.75, 3.05) is 11.4 Å². The van der Waals surface area contributed by atoms with Gasteiger partial charge in [-0.3, -0.25) is 9.69 Å². The van der Waals surface area contributed by atoms with E-state index in [2.05, 4.69) is 19.2 Å². The van der Waals surface area contributed by atoms with Gasteiger partial charge >= 0.3 is 0 Å². The summed E-state index contributed by atoms with van der Waals surface area (Å²) in [5.41, 5.74) is 1.80. The van der Waals surface area contributed by atoms with E-state index < -0.39 is 0 Å². The molecule has 3 nitrogen and oxygen atoms in total. The highest BCUT2D eigenvalue weighted by Gasteiger charge is 2.17. The van der Waals surface area contributed by atoms with Gasteiger partial charge < -0.3 is 5.32 Å². The zero-order valence-electron chi connectivity index (χ0n) is 12.6. The topological polar surface area (TPSA) is 32.3 Å². The van der Waals surface area contributed by atoms with Crippen molar-refractivity contribution in [3.8, 4) is 0 Å². The SMILES string of the molecule is CC(C)NCCC(=O)N(c1ccccc1)c1ccccc1. The molecule has 0 spiro atoms. The Labute approximate surface area is 126 Å². The summed E-state index contributed by atoms with van der Waals surface area (Å²) in [5, 5.41) is 3.29. The zero-order valence-corrected chi connectivity index (χ0v) is 12.6. The summed E-state index contributed by atoms with van der Waals surface area (Å²) < 4.78 is 0. The third-order valence-electron chi connectivity index (χ3n) is 3.17. The number of hydrogen-bond acceptors (Lipinski definition) is 2. The van der Waals surface area contributed by atoms with Gasteiger partial charge in [0.2, 0.25) is 5.91 Å². The molecular formula is C18H22N2O. The molecule has 21 heavy (non-hydrogen) atoms. The van der Waals surface area contributed by atoms with Gasteiger partial charge in [0.05, 0.1) is 0 Å². The molecule has 2 aromatic rings. The molecular weight excluding hydrogens is 260 g/mol. The van der Waals surface area contributed by atoms with Crippen LogP contribution in [-0.4, -0.2) is 18.5 Å². The lowest BCUT2D eigenvalue weighted by Crippen LogP contribution is -2.31. The van der Waals surface area contributed by atoms with Gasteiger partial charge in [-0.25, -0.2) is 0 Å². The summed E-state index contributed by atoms with van der Waals surface area (Å²) in [7, 11) is 0. The Morgan fingerprint density at radius 2 is 1.43 bits per heavy atom. The molecule has 0 fully saturated rings. The fourth-order valence-corrected chi connectivity index (χ4v) is 2.17. The smallest absolute Gasteiger partial charge is 0.232 e. The molecule has 0 saturated carbocycles. The summed E-state index contributed by atoms with van der Waals surface area (Å²) >= 11 is 0. The largest absolute Gasteiger partial charge is 0.314 e. The van der Waals surface area contributed by atoms with E-state index in [-0.39, 0.29) is 5.91 Å². The molecule has 1 amide bonds. The maximum atomic E-state index is 12.6. The van der Waals surface area contributed by atoms with Crippen molar-refractivity contribution in [3.05, 3.63) is 60.7 Å². The van der Waals surface area contributed by atoms with Crippen LogP contribution in [0, 0.1) is 0 Å². The van der Waals surface area contributed by atoms with Crippen molar-refractivity contribution < 1.29 is 4.79 Å². The molecule has 2 aromatic carbocycles. The minimum absolute atomic E-state index is 0.0977. The average molecular weight is 282 g/mol. The summed E-state index contributed by atoms with van der Waals surface area (Å²) in [6, 6.07) is 19.9. The molecule has 3 heteroatoms. The van der Waals surface area contributed by atoms with E-state index >= 15 is 0 Å². The van der Waals surface area contributed by atoms with Crippen molar-refractivity contribution in [3.63, 3.8) is 0 Å². The van der Waals surface area contributed by atoms with Gasteiger partial charge in [0.25, 0.3) is 0 Å². The number of anilines is 2. The van der Waals surface area contributed by atoms with Crippen LogP contribution in [0.4, 0.5) is 11.4 Å². The van der Waals surface area contributed by atoms with Crippen molar-refractivity contribution in [1.82, 2.24) is 5.32 Å². The highest BCUT2D eigenvalue weighted by molar-refractivity contribution is 6.00. The van der Waals surface area contributed by atoms with Crippen LogP contribution in [0.5, 0.6) is 0 Å². The normalized spacial score (nSPS) is 10.6. The molecule has 0 aromatic heterocycles. The summed E-state index contributed by atoms with van der Waals surface area (Å²) in [5.74, 6) is 0.0977. The number of benzene rings is 2. The van der Waals surface area contributed by atoms with Gasteiger partial charge in [0.1, 0.15) is 0 Å². The number of carbonyl (C=O) groups is 1. The molecule has 0 radical (unpaired) electrons. The van der Waals surface area contributed by atoms with Gasteiger partial charge in [-0.2, -0.15) is 0 Å². The van der Waals surface area contributed by atoms with Crippen molar-refractivity contribution in [2.24, 2.45) is 0 Å². The highest BCUT2D eigenvalue weighted by atomic mass is 16.2. The first-order valence-electron chi connectivity index (χ1n) is 7.35. The van der Waals surface area contributed by atoms with E-state index in [0.717, 1.165) is 11.4 Å². The van der Waals surface area contributed by atoms with E-state index in [1.54, 1.807) is 4.90 Å². The van der Waals surface area contributed by atoms with Crippen LogP contribution in [0.15, 0.2) is 60.7 Å². The molecule has 110 valence electrons. The quantitative estimate of drug-likeness (QED) is 0.875. The molecule has 0 aliphatic heterocycles. The number of amides is 1. The van der Waals surface area contributed by atoms with Gasteiger partial charge in [0.15, 0.2) is 0 Å². The van der Waals surface area contributed by atoms with Crippen molar-refractivity contribution in [2.45, 2.75) is 26.3 Å². The summed E-state index contributed by atoms with van der Waals surface area (Å²) in [6.07, 6.45) is 0.474. The van der Waals surface area contributed by atoms with E-state index in [1.807, 2.05) is 60.7 Å². The standard InChI is InChI=1S/C18H22N2O/c1-15(2)19-14-13-18(21)20(16-9-5-3-6-10-16)17-11-7-4-8-12-17/h3-12,15,19H,13-14H2,1-2H3. The van der Waals surface area contributed by atoms with Crippen LogP contribution >= 0.6 is 0 Å². The first-order chi connectivity index (χ1) is 10.2. The number of carbonyl (C=O) groups excluding carboxylic acids is 1. The summed E-state index contributed by atoms with van der Waals surface area (Å²) in [6.45, 7) is 4.85. The Morgan fingerprint density at radius 3 is 1.86 bits per heavy atom. The van der Waals surface area contributed by atoms with Gasteiger partial charge in [-0.15, -0.1) is 0 Å². The second-order valence-corrected chi connectivity index (χ2v) is 5.26. The number of nitrogens with zero attached hydrogens (tertiary/aromatic N) is 1. The highest BCUT2D eigenvalue weighted by Crippen LogP contribution is 2.25. The fourth-order valence-electron chi connectivity index (χ4n) is 2.17. The van der Waals surface area contributed by atoms with Crippen molar-refractivity contribution >= 4 is 17.3 Å². The third kappa shape index (κ3) is 4.43. The first-order valence-corrected chi connectivity index (χ1v) is 7.35. The van der Waals surface area contributed by atoms with Gasteiger partial charge in [-0.05, 0) is 24.3 Å². The van der Waals surface area contributed by atoms with E-state index in [4.69, 9.17) is 0 Å². The number of nitrogens with one attached hydrogen (secondary N) is 1. The molecule has 0 bridgehead atoms. The van der Waals surface area contributed by atoms with E-state index in [0.29, 0.717) is 19.0 Å². The van der Waals surface area contributed by atoms with Gasteiger partial charge in [-0.1, -0.05) is 50.2 Å². The Kier molecular flexibility index (Phi) is 5.52. The molecule has 0 saturated heterocycles. The van der Waals surface area contributed by atoms with Crippen LogP contribution < -0.4 is 10.2 Å². The van der Waals surface area contributed by atoms with Gasteiger partial charge in [0, 0.05) is 30.4 Å². The molecule has 0 heterocycles. The van der Waals surface area contributed by atoms with Crippen LogP contribution in [0.3, 0.4) is 0 Å². The van der Waals surface area contributed by atoms with Crippen LogP contribution in [0.2, 0.25) is 0 Å². The summed E-state index contributed by atoms with van der Waals surface area (Å²) in [4.78, 5) is 14.4. The Morgan fingerprint density at radius 1 is 0.952 bits per heavy atom. The lowest BCUT2D eigenvalue weighted by molar-refractivity contribution is -0.117. The monoisotopic (exact) mass is 282 g/mol. The van der Waals surface area contributed by atoms with Crippen LogP contribution in [-0.2, 0) is 4.79 Å².